The van der Waals surface area contributed by atoms with E-state index in [0.717, 1.165) is 29.0 Å². The molecule has 2 aromatic rings. The molecule has 1 unspecified atom stereocenters. The molecule has 0 aliphatic carbocycles. The van der Waals surface area contributed by atoms with Gasteiger partial charge in [0.05, 0.1) is 11.0 Å². The molecule has 0 saturated carbocycles. The summed E-state index contributed by atoms with van der Waals surface area (Å²) < 4.78 is 5.93. The fraction of sp³-hybridized carbons (Fsp3) is 0.455. The molecule has 150 valence electrons. The smallest absolute Gasteiger partial charge is 0.228 e. The van der Waals surface area contributed by atoms with E-state index >= 15 is 0 Å². The number of pyridine rings is 1. The van der Waals surface area contributed by atoms with Gasteiger partial charge in [-0.3, -0.25) is 4.79 Å². The molecular formula is C22H29N3O3. The summed E-state index contributed by atoms with van der Waals surface area (Å²) in [6, 6.07) is 9.57. The van der Waals surface area contributed by atoms with Crippen molar-refractivity contribution in [1.29, 1.82) is 0 Å². The Kier molecular flexibility index (Phi) is 5.72. The number of hydrogen-bond donors (Lipinski definition) is 3. The predicted molar refractivity (Wildman–Crippen MR) is 108 cm³/mol. The SMILES string of the molecule is Cc1cccc(Oc2cc(CNC(=O)C(C)(C)C3(O)CCNC3)ccn2)c1C. The van der Waals surface area contributed by atoms with Gasteiger partial charge in [-0.15, -0.1) is 0 Å². The third-order valence-electron chi connectivity index (χ3n) is 5.89. The van der Waals surface area contributed by atoms with Crippen LogP contribution in [-0.2, 0) is 11.3 Å². The molecule has 1 atom stereocenters. The summed E-state index contributed by atoms with van der Waals surface area (Å²) in [4.78, 5) is 17.0. The van der Waals surface area contributed by atoms with Gasteiger partial charge in [-0.2, -0.15) is 0 Å². The van der Waals surface area contributed by atoms with Crippen LogP contribution in [0.3, 0.4) is 0 Å². The molecule has 1 aliphatic rings. The van der Waals surface area contributed by atoms with Gasteiger partial charge in [0.1, 0.15) is 5.75 Å². The Labute approximate surface area is 166 Å². The lowest BCUT2D eigenvalue weighted by atomic mass is 9.73. The van der Waals surface area contributed by atoms with Crippen LogP contribution < -0.4 is 15.4 Å². The normalized spacial score (nSPS) is 19.5. The van der Waals surface area contributed by atoms with E-state index in [-0.39, 0.29) is 5.91 Å². The molecule has 0 spiro atoms. The van der Waals surface area contributed by atoms with Crippen molar-refractivity contribution in [3.63, 3.8) is 0 Å². The van der Waals surface area contributed by atoms with Crippen molar-refractivity contribution in [2.45, 2.75) is 46.3 Å². The van der Waals surface area contributed by atoms with E-state index in [1.807, 2.05) is 44.2 Å². The first-order chi connectivity index (χ1) is 13.2. The number of carbonyl (C=O) groups excluding carboxylic acids is 1. The molecule has 1 aromatic carbocycles. The molecule has 0 radical (unpaired) electrons. The van der Waals surface area contributed by atoms with Crippen LogP contribution in [0.25, 0.3) is 0 Å². The van der Waals surface area contributed by atoms with E-state index in [2.05, 4.69) is 15.6 Å². The Balaban J connectivity index is 1.66. The van der Waals surface area contributed by atoms with Gasteiger partial charge in [-0.25, -0.2) is 4.98 Å². The van der Waals surface area contributed by atoms with Crippen LogP contribution in [0.4, 0.5) is 0 Å². The minimum absolute atomic E-state index is 0.174. The van der Waals surface area contributed by atoms with Crippen molar-refractivity contribution in [2.24, 2.45) is 5.41 Å². The van der Waals surface area contributed by atoms with Crippen LogP contribution in [0, 0.1) is 19.3 Å². The highest BCUT2D eigenvalue weighted by atomic mass is 16.5. The third kappa shape index (κ3) is 4.03. The molecule has 1 amide bonds. The maximum atomic E-state index is 12.7. The molecule has 28 heavy (non-hydrogen) atoms. The number of rotatable bonds is 6. The quantitative estimate of drug-likeness (QED) is 0.714. The van der Waals surface area contributed by atoms with Gasteiger partial charge in [0.25, 0.3) is 0 Å². The Morgan fingerprint density at radius 3 is 2.86 bits per heavy atom. The van der Waals surface area contributed by atoms with Gasteiger partial charge in [0, 0.05) is 25.4 Å². The van der Waals surface area contributed by atoms with Gasteiger partial charge in [-0.05, 0) is 69.5 Å². The van der Waals surface area contributed by atoms with Crippen LogP contribution >= 0.6 is 0 Å². The average molecular weight is 383 g/mol. The molecule has 1 aromatic heterocycles. The first-order valence-electron chi connectivity index (χ1n) is 9.63. The molecule has 1 saturated heterocycles. The molecular weight excluding hydrogens is 354 g/mol. The highest BCUT2D eigenvalue weighted by Gasteiger charge is 2.50. The summed E-state index contributed by atoms with van der Waals surface area (Å²) in [5, 5.41) is 16.9. The number of amides is 1. The van der Waals surface area contributed by atoms with Crippen molar-refractivity contribution in [3.05, 3.63) is 53.2 Å². The van der Waals surface area contributed by atoms with Crippen molar-refractivity contribution in [1.82, 2.24) is 15.6 Å². The lowest BCUT2D eigenvalue weighted by Gasteiger charge is -2.38. The van der Waals surface area contributed by atoms with E-state index < -0.39 is 11.0 Å². The van der Waals surface area contributed by atoms with E-state index in [4.69, 9.17) is 4.74 Å². The number of hydrogen-bond acceptors (Lipinski definition) is 5. The number of nitrogens with one attached hydrogen (secondary N) is 2. The summed E-state index contributed by atoms with van der Waals surface area (Å²) in [5.74, 6) is 1.08. The average Bonchev–Trinajstić information content (AvgIpc) is 3.12. The highest BCUT2D eigenvalue weighted by molar-refractivity contribution is 5.83. The molecule has 3 N–H and O–H groups in total. The van der Waals surface area contributed by atoms with Crippen molar-refractivity contribution in [3.8, 4) is 11.6 Å². The van der Waals surface area contributed by atoms with Crippen molar-refractivity contribution in [2.75, 3.05) is 13.1 Å². The van der Waals surface area contributed by atoms with Crippen molar-refractivity contribution >= 4 is 5.91 Å². The number of nitrogens with zero attached hydrogens (tertiary/aromatic N) is 1. The van der Waals surface area contributed by atoms with E-state index in [1.165, 1.54) is 0 Å². The lowest BCUT2D eigenvalue weighted by molar-refractivity contribution is -0.144. The number of ether oxygens (including phenoxy) is 1. The summed E-state index contributed by atoms with van der Waals surface area (Å²) in [7, 11) is 0. The zero-order valence-electron chi connectivity index (χ0n) is 17.0. The highest BCUT2D eigenvalue weighted by Crippen LogP contribution is 2.36. The molecule has 3 rings (SSSR count). The van der Waals surface area contributed by atoms with E-state index in [0.29, 0.717) is 25.4 Å². The summed E-state index contributed by atoms with van der Waals surface area (Å²) in [6.45, 7) is 9.12. The van der Waals surface area contributed by atoms with Gasteiger partial charge in [-0.1, -0.05) is 12.1 Å². The number of benzene rings is 1. The van der Waals surface area contributed by atoms with Crippen LogP contribution in [0.1, 0.15) is 37.0 Å². The molecule has 0 bridgehead atoms. The molecule has 2 heterocycles. The fourth-order valence-corrected chi connectivity index (χ4v) is 3.39. The van der Waals surface area contributed by atoms with Gasteiger partial charge in [0.2, 0.25) is 11.8 Å². The molecule has 1 fully saturated rings. The molecule has 1 aliphatic heterocycles. The monoisotopic (exact) mass is 383 g/mol. The number of β-amino-alcohol motifs (C(OH)–C–C–N with tert-alkyl or cyclic N) is 1. The summed E-state index contributed by atoms with van der Waals surface area (Å²) >= 11 is 0. The largest absolute Gasteiger partial charge is 0.439 e. The zero-order chi connectivity index (χ0) is 20.4. The Bertz CT molecular complexity index is 858. The topological polar surface area (TPSA) is 83.5 Å². The van der Waals surface area contributed by atoms with E-state index in [1.54, 1.807) is 20.0 Å². The summed E-state index contributed by atoms with van der Waals surface area (Å²) in [5.41, 5.74) is 1.19. The first kappa shape index (κ1) is 20.3. The Hall–Kier alpha value is -2.44. The second-order valence-electron chi connectivity index (χ2n) is 8.07. The number of aliphatic hydroxyl groups is 1. The second kappa shape index (κ2) is 7.89. The minimum Gasteiger partial charge on any atom is -0.439 e. The molecule has 6 nitrogen and oxygen atoms in total. The maximum absolute atomic E-state index is 12.7. The number of carbonyl (C=O) groups is 1. The van der Waals surface area contributed by atoms with Gasteiger partial charge in [0.15, 0.2) is 0 Å². The van der Waals surface area contributed by atoms with Crippen molar-refractivity contribution < 1.29 is 14.6 Å². The van der Waals surface area contributed by atoms with Gasteiger partial charge < -0.3 is 20.5 Å². The zero-order valence-corrected chi connectivity index (χ0v) is 17.0. The fourth-order valence-electron chi connectivity index (χ4n) is 3.39. The third-order valence-corrected chi connectivity index (χ3v) is 5.89. The predicted octanol–water partition coefficient (Wildman–Crippen LogP) is 2.86. The Morgan fingerprint density at radius 1 is 1.36 bits per heavy atom. The van der Waals surface area contributed by atoms with Gasteiger partial charge >= 0.3 is 0 Å². The number of aromatic nitrogens is 1. The number of aryl methyl sites for hydroxylation is 1. The summed E-state index contributed by atoms with van der Waals surface area (Å²) in [6.07, 6.45) is 2.23. The van der Waals surface area contributed by atoms with Crippen LogP contribution in [0.15, 0.2) is 36.5 Å². The second-order valence-corrected chi connectivity index (χ2v) is 8.07. The van der Waals surface area contributed by atoms with Crippen LogP contribution in [0.2, 0.25) is 0 Å². The van der Waals surface area contributed by atoms with E-state index in [9.17, 15) is 9.90 Å². The first-order valence-corrected chi connectivity index (χ1v) is 9.63. The lowest BCUT2D eigenvalue weighted by Crippen LogP contribution is -2.54. The standard InChI is InChI=1S/C22H29N3O3/c1-15-6-5-7-18(16(15)2)28-19-12-17(8-10-24-19)13-25-20(26)21(3,4)22(27)9-11-23-14-22/h5-8,10,12,23,27H,9,11,13-14H2,1-4H3,(H,25,26). The minimum atomic E-state index is -1.04. The molecule has 6 heteroatoms. The maximum Gasteiger partial charge on any atom is 0.228 e. The van der Waals surface area contributed by atoms with Crippen LogP contribution in [-0.4, -0.2) is 34.7 Å². The Morgan fingerprint density at radius 2 is 2.14 bits per heavy atom. The van der Waals surface area contributed by atoms with Crippen LogP contribution in [0.5, 0.6) is 11.6 Å².